The number of rotatable bonds is 3. The molecule has 0 saturated heterocycles. The van der Waals surface area contributed by atoms with Gasteiger partial charge in [0.1, 0.15) is 5.92 Å². The Morgan fingerprint density at radius 1 is 1.27 bits per heavy atom. The number of fused-ring (bicyclic) bond motifs is 3. The highest BCUT2D eigenvalue weighted by molar-refractivity contribution is 9.10. The van der Waals surface area contributed by atoms with Crippen LogP contribution in [0.4, 0.5) is 0 Å². The van der Waals surface area contributed by atoms with Crippen LogP contribution in [0, 0.1) is 5.92 Å². The number of benzene rings is 1. The minimum Gasteiger partial charge on any atom is -0.465 e. The maximum Gasteiger partial charge on any atom is 0.317 e. The Hall–Kier alpha value is -2.11. The lowest BCUT2D eigenvalue weighted by Gasteiger charge is -2.20. The standard InChI is InChI=1S/C20H15BrClNO3/c1-2-26-20(25)17-16(13-5-3-4-6-15(13)22)18-14(19(17)24)9-12-8-7-11(21)10-23(12)18/h3-10,16-17H,2H2,1H3. The number of carbonyl (C=O) groups is 2. The van der Waals surface area contributed by atoms with Gasteiger partial charge in [0.2, 0.25) is 0 Å². The van der Waals surface area contributed by atoms with Gasteiger partial charge in [0.25, 0.3) is 0 Å². The fourth-order valence-electron chi connectivity index (χ4n) is 3.68. The van der Waals surface area contributed by atoms with Gasteiger partial charge in [-0.1, -0.05) is 29.8 Å². The average molecular weight is 433 g/mol. The van der Waals surface area contributed by atoms with Gasteiger partial charge in [0.05, 0.1) is 6.61 Å². The molecule has 1 aliphatic carbocycles. The molecule has 0 N–H and O–H groups in total. The number of halogens is 2. The zero-order chi connectivity index (χ0) is 18.4. The number of ether oxygens (including phenoxy) is 1. The Kier molecular flexibility index (Phi) is 4.37. The number of pyridine rings is 1. The van der Waals surface area contributed by atoms with Crippen LogP contribution < -0.4 is 0 Å². The number of hydrogen-bond acceptors (Lipinski definition) is 3. The Labute approximate surface area is 163 Å². The number of ketones is 1. The van der Waals surface area contributed by atoms with Gasteiger partial charge >= 0.3 is 5.97 Å². The van der Waals surface area contributed by atoms with Crippen molar-refractivity contribution < 1.29 is 14.3 Å². The molecule has 0 bridgehead atoms. The van der Waals surface area contributed by atoms with Crippen LogP contribution in [0.25, 0.3) is 5.52 Å². The minimum atomic E-state index is -0.921. The molecular formula is C20H15BrClNO3. The van der Waals surface area contributed by atoms with Crippen LogP contribution in [-0.2, 0) is 9.53 Å². The highest BCUT2D eigenvalue weighted by atomic mass is 79.9. The molecule has 0 radical (unpaired) electrons. The Balaban J connectivity index is 1.99. The lowest BCUT2D eigenvalue weighted by Crippen LogP contribution is -2.27. The SMILES string of the molecule is CCOC(=O)C1C(=O)c2cc3ccc(Br)cn3c2C1c1ccccc1Cl. The number of nitrogens with zero attached hydrogens (tertiary/aromatic N) is 1. The molecule has 2 heterocycles. The zero-order valence-corrected chi connectivity index (χ0v) is 16.3. The molecule has 1 aromatic carbocycles. The van der Waals surface area contributed by atoms with Crippen molar-refractivity contribution in [3.05, 3.63) is 75.0 Å². The van der Waals surface area contributed by atoms with Crippen LogP contribution in [0.1, 0.15) is 34.5 Å². The van der Waals surface area contributed by atoms with Crippen LogP contribution >= 0.6 is 27.5 Å². The smallest absolute Gasteiger partial charge is 0.317 e. The molecule has 26 heavy (non-hydrogen) atoms. The number of carbonyl (C=O) groups excluding carboxylic acids is 2. The maximum atomic E-state index is 13.1. The quantitative estimate of drug-likeness (QED) is 0.438. The van der Waals surface area contributed by atoms with E-state index in [0.717, 1.165) is 21.2 Å². The minimum absolute atomic E-state index is 0.219. The molecule has 0 amide bonds. The summed E-state index contributed by atoms with van der Waals surface area (Å²) in [6.45, 7) is 1.96. The summed E-state index contributed by atoms with van der Waals surface area (Å²) in [6.07, 6.45) is 1.90. The number of esters is 1. The maximum absolute atomic E-state index is 13.1. The second-order valence-electron chi connectivity index (χ2n) is 6.18. The third kappa shape index (κ3) is 2.58. The molecule has 0 aliphatic heterocycles. The summed E-state index contributed by atoms with van der Waals surface area (Å²) in [6, 6.07) is 13.0. The van der Waals surface area contributed by atoms with Gasteiger partial charge in [0.15, 0.2) is 5.78 Å². The summed E-state index contributed by atoms with van der Waals surface area (Å²) < 4.78 is 8.03. The molecule has 6 heteroatoms. The summed E-state index contributed by atoms with van der Waals surface area (Å²) in [4.78, 5) is 25.7. The molecule has 1 aliphatic rings. The zero-order valence-electron chi connectivity index (χ0n) is 13.9. The van der Waals surface area contributed by atoms with Gasteiger partial charge in [-0.15, -0.1) is 0 Å². The molecule has 4 nitrogen and oxygen atoms in total. The van der Waals surface area contributed by atoms with E-state index in [1.165, 1.54) is 0 Å². The first kappa shape index (κ1) is 17.3. The predicted octanol–water partition coefficient (Wildman–Crippen LogP) is 4.86. The summed E-state index contributed by atoms with van der Waals surface area (Å²) >= 11 is 9.91. The average Bonchev–Trinajstić information content (AvgIpc) is 3.11. The van der Waals surface area contributed by atoms with E-state index in [1.807, 2.05) is 47.0 Å². The molecule has 2 unspecified atom stereocenters. The first-order valence-corrected chi connectivity index (χ1v) is 9.45. The third-order valence-corrected chi connectivity index (χ3v) is 5.54. The van der Waals surface area contributed by atoms with E-state index in [9.17, 15) is 9.59 Å². The van der Waals surface area contributed by atoms with Gasteiger partial charge in [-0.05, 0) is 52.7 Å². The second kappa shape index (κ2) is 6.56. The van der Waals surface area contributed by atoms with Crippen molar-refractivity contribution in [3.8, 4) is 0 Å². The Bertz CT molecular complexity index is 1040. The van der Waals surface area contributed by atoms with Crippen molar-refractivity contribution in [1.82, 2.24) is 4.40 Å². The molecule has 132 valence electrons. The summed E-state index contributed by atoms with van der Waals surface area (Å²) in [5.74, 6) is -2.14. The van der Waals surface area contributed by atoms with Crippen molar-refractivity contribution in [2.45, 2.75) is 12.8 Å². The molecular weight excluding hydrogens is 418 g/mol. The van der Waals surface area contributed by atoms with Gasteiger partial charge in [-0.3, -0.25) is 9.59 Å². The van der Waals surface area contributed by atoms with E-state index in [0.29, 0.717) is 10.6 Å². The molecule has 4 rings (SSSR count). The van der Waals surface area contributed by atoms with Crippen molar-refractivity contribution in [2.75, 3.05) is 6.61 Å². The first-order chi connectivity index (χ1) is 12.5. The van der Waals surface area contributed by atoms with Gasteiger partial charge in [0, 0.05) is 38.4 Å². The van der Waals surface area contributed by atoms with E-state index in [1.54, 1.807) is 13.0 Å². The third-order valence-electron chi connectivity index (χ3n) is 4.73. The van der Waals surface area contributed by atoms with E-state index in [-0.39, 0.29) is 12.4 Å². The highest BCUT2D eigenvalue weighted by Gasteiger charge is 2.48. The van der Waals surface area contributed by atoms with Crippen LogP contribution in [0.5, 0.6) is 0 Å². The highest BCUT2D eigenvalue weighted by Crippen LogP contribution is 2.46. The fraction of sp³-hybridized carbons (Fsp3) is 0.200. The molecule has 2 atom stereocenters. The Morgan fingerprint density at radius 3 is 2.77 bits per heavy atom. The van der Waals surface area contributed by atoms with Crippen molar-refractivity contribution in [1.29, 1.82) is 0 Å². The van der Waals surface area contributed by atoms with E-state index in [2.05, 4.69) is 15.9 Å². The van der Waals surface area contributed by atoms with Crippen LogP contribution in [0.2, 0.25) is 5.02 Å². The summed E-state index contributed by atoms with van der Waals surface area (Å²) in [7, 11) is 0. The lowest BCUT2D eigenvalue weighted by atomic mass is 9.87. The van der Waals surface area contributed by atoms with Gasteiger partial charge < -0.3 is 9.14 Å². The Morgan fingerprint density at radius 2 is 2.04 bits per heavy atom. The van der Waals surface area contributed by atoms with Crippen LogP contribution in [0.15, 0.2) is 53.1 Å². The largest absolute Gasteiger partial charge is 0.465 e. The molecule has 0 fully saturated rings. The number of aromatic nitrogens is 1. The van der Waals surface area contributed by atoms with E-state index in [4.69, 9.17) is 16.3 Å². The number of hydrogen-bond donors (Lipinski definition) is 0. The summed E-state index contributed by atoms with van der Waals surface area (Å²) in [5, 5.41) is 0.525. The monoisotopic (exact) mass is 431 g/mol. The number of Topliss-reactive ketones (excluding diaryl/α,β-unsaturated/α-hetero) is 1. The van der Waals surface area contributed by atoms with E-state index >= 15 is 0 Å². The first-order valence-electron chi connectivity index (χ1n) is 8.28. The van der Waals surface area contributed by atoms with Crippen molar-refractivity contribution in [2.24, 2.45) is 5.92 Å². The topological polar surface area (TPSA) is 47.8 Å². The van der Waals surface area contributed by atoms with Crippen molar-refractivity contribution >= 4 is 44.8 Å². The fourth-order valence-corrected chi connectivity index (χ4v) is 4.28. The summed E-state index contributed by atoms with van der Waals surface area (Å²) in [5.41, 5.74) is 2.97. The lowest BCUT2D eigenvalue weighted by molar-refractivity contribution is -0.146. The predicted molar refractivity (Wildman–Crippen MR) is 103 cm³/mol. The molecule has 2 aromatic heterocycles. The van der Waals surface area contributed by atoms with Gasteiger partial charge in [-0.2, -0.15) is 0 Å². The van der Waals surface area contributed by atoms with Crippen molar-refractivity contribution in [3.63, 3.8) is 0 Å². The second-order valence-corrected chi connectivity index (χ2v) is 7.50. The molecule has 0 spiro atoms. The molecule has 3 aromatic rings. The molecule has 0 saturated carbocycles. The van der Waals surface area contributed by atoms with E-state index < -0.39 is 17.8 Å². The van der Waals surface area contributed by atoms with Crippen LogP contribution in [-0.4, -0.2) is 22.8 Å². The normalized spacial score (nSPS) is 19.0. The van der Waals surface area contributed by atoms with Crippen LogP contribution in [0.3, 0.4) is 0 Å². The van der Waals surface area contributed by atoms with Gasteiger partial charge in [-0.25, -0.2) is 0 Å².